The monoisotopic (exact) mass is 478 g/mol. The van der Waals surface area contributed by atoms with Crippen molar-refractivity contribution in [1.29, 1.82) is 0 Å². The molecule has 1 fully saturated rings. The molecule has 186 valence electrons. The highest BCUT2D eigenvalue weighted by atomic mass is 16.3. The fraction of sp³-hybridized carbons (Fsp3) is 0.480. The second-order valence-electron chi connectivity index (χ2n) is 8.97. The highest BCUT2D eigenvalue weighted by Crippen LogP contribution is 2.27. The second kappa shape index (κ2) is 12.5. The molecule has 1 aliphatic rings. The molecule has 0 bridgehead atoms. The number of aliphatic hydroxyl groups excluding tert-OH is 1. The second-order valence-corrected chi connectivity index (χ2v) is 8.97. The molecule has 10 heteroatoms. The summed E-state index contributed by atoms with van der Waals surface area (Å²) < 4.78 is 1.73. The Morgan fingerprint density at radius 2 is 1.89 bits per heavy atom. The third kappa shape index (κ3) is 7.38. The van der Waals surface area contributed by atoms with Crippen LogP contribution in [0, 0.1) is 0 Å². The zero-order chi connectivity index (χ0) is 24.5. The summed E-state index contributed by atoms with van der Waals surface area (Å²) in [6, 6.07) is 14.3. The first-order valence-electron chi connectivity index (χ1n) is 12.3. The molecule has 0 spiro atoms. The van der Waals surface area contributed by atoms with Gasteiger partial charge in [0.05, 0.1) is 18.4 Å². The van der Waals surface area contributed by atoms with Gasteiger partial charge in [0.15, 0.2) is 12.0 Å². The van der Waals surface area contributed by atoms with Gasteiger partial charge in [0.25, 0.3) is 0 Å². The molecular formula is C25H34N8O2. The summed E-state index contributed by atoms with van der Waals surface area (Å²) in [6.45, 7) is 2.93. The predicted molar refractivity (Wildman–Crippen MR) is 132 cm³/mol. The average Bonchev–Trinajstić information content (AvgIpc) is 3.37. The van der Waals surface area contributed by atoms with Crippen LogP contribution in [0.2, 0.25) is 0 Å². The van der Waals surface area contributed by atoms with Crippen molar-refractivity contribution in [2.24, 2.45) is 0 Å². The maximum atomic E-state index is 12.5. The molecule has 2 aromatic heterocycles. The molecule has 0 aliphatic carbocycles. The van der Waals surface area contributed by atoms with E-state index in [9.17, 15) is 9.90 Å². The van der Waals surface area contributed by atoms with E-state index in [0.29, 0.717) is 30.5 Å². The van der Waals surface area contributed by atoms with E-state index in [2.05, 4.69) is 60.3 Å². The summed E-state index contributed by atoms with van der Waals surface area (Å²) in [6.07, 6.45) is 5.69. The van der Waals surface area contributed by atoms with Crippen molar-refractivity contribution in [2.75, 3.05) is 32.0 Å². The molecule has 1 amide bonds. The van der Waals surface area contributed by atoms with Crippen molar-refractivity contribution in [3.8, 4) is 0 Å². The maximum absolute atomic E-state index is 12.5. The van der Waals surface area contributed by atoms with E-state index in [1.165, 1.54) is 5.56 Å². The normalized spacial score (nSPS) is 15.7. The Balaban J connectivity index is 1.13. The highest BCUT2D eigenvalue weighted by Gasteiger charge is 2.22. The Morgan fingerprint density at radius 3 is 2.60 bits per heavy atom. The first-order chi connectivity index (χ1) is 17.1. The van der Waals surface area contributed by atoms with Gasteiger partial charge in [0, 0.05) is 6.54 Å². The fourth-order valence-corrected chi connectivity index (χ4v) is 4.37. The maximum Gasteiger partial charge on any atom is 0.239 e. The van der Waals surface area contributed by atoms with Gasteiger partial charge in [0.2, 0.25) is 5.91 Å². The lowest BCUT2D eigenvalue weighted by atomic mass is 9.89. The van der Waals surface area contributed by atoms with E-state index in [1.807, 2.05) is 18.2 Å². The van der Waals surface area contributed by atoms with Gasteiger partial charge in [-0.1, -0.05) is 35.5 Å². The van der Waals surface area contributed by atoms with E-state index < -0.39 is 6.23 Å². The third-order valence-corrected chi connectivity index (χ3v) is 6.39. The number of aryl methyl sites for hydroxylation is 2. The molecule has 1 aliphatic heterocycles. The Kier molecular flexibility index (Phi) is 8.88. The highest BCUT2D eigenvalue weighted by molar-refractivity contribution is 5.91. The van der Waals surface area contributed by atoms with Crippen molar-refractivity contribution < 1.29 is 9.90 Å². The van der Waals surface area contributed by atoms with Crippen LogP contribution in [0.25, 0.3) is 0 Å². The van der Waals surface area contributed by atoms with Gasteiger partial charge in [0.1, 0.15) is 5.69 Å². The number of amides is 1. The number of aliphatic hydroxyl groups is 1. The lowest BCUT2D eigenvalue weighted by Gasteiger charge is -2.31. The Bertz CT molecular complexity index is 1050. The molecule has 1 unspecified atom stereocenters. The number of hydrogen-bond acceptors (Lipinski definition) is 8. The number of nitrogens with zero attached hydrogens (tertiary/aromatic N) is 6. The van der Waals surface area contributed by atoms with Crippen LogP contribution in [0.4, 0.5) is 5.82 Å². The van der Waals surface area contributed by atoms with Gasteiger partial charge in [-0.05, 0) is 75.9 Å². The van der Waals surface area contributed by atoms with Crippen LogP contribution >= 0.6 is 0 Å². The van der Waals surface area contributed by atoms with Gasteiger partial charge in [-0.3, -0.25) is 19.7 Å². The van der Waals surface area contributed by atoms with Gasteiger partial charge in [-0.2, -0.15) is 5.10 Å². The number of hydrogen-bond donors (Lipinski definition) is 3. The number of aromatic nitrogens is 5. The number of carbonyl (C=O) groups is 1. The molecule has 1 saturated heterocycles. The summed E-state index contributed by atoms with van der Waals surface area (Å²) >= 11 is 0. The van der Waals surface area contributed by atoms with Crippen molar-refractivity contribution in [2.45, 2.75) is 50.8 Å². The molecule has 3 aromatic rings. The number of carbonyl (C=O) groups excluding carboxylic acids is 1. The van der Waals surface area contributed by atoms with E-state index >= 15 is 0 Å². The van der Waals surface area contributed by atoms with E-state index in [-0.39, 0.29) is 5.91 Å². The molecule has 3 heterocycles. The van der Waals surface area contributed by atoms with Crippen LogP contribution in [0.1, 0.15) is 54.8 Å². The first-order valence-corrected chi connectivity index (χ1v) is 12.3. The Labute approximate surface area is 205 Å². The van der Waals surface area contributed by atoms with Crippen molar-refractivity contribution in [1.82, 2.24) is 35.4 Å². The van der Waals surface area contributed by atoms with Crippen LogP contribution in [0.15, 0.2) is 48.7 Å². The summed E-state index contributed by atoms with van der Waals surface area (Å²) in [5.74, 6) is 1.01. The fourth-order valence-electron chi connectivity index (χ4n) is 4.37. The summed E-state index contributed by atoms with van der Waals surface area (Å²) in [7, 11) is 1.66. The topological polar surface area (TPSA) is 121 Å². The van der Waals surface area contributed by atoms with Crippen LogP contribution in [0.3, 0.4) is 0 Å². The molecular weight excluding hydrogens is 444 g/mol. The van der Waals surface area contributed by atoms with E-state index in [0.717, 1.165) is 50.9 Å². The predicted octanol–water partition coefficient (Wildman–Crippen LogP) is 2.12. The number of benzene rings is 1. The molecule has 10 nitrogen and oxygen atoms in total. The summed E-state index contributed by atoms with van der Waals surface area (Å²) in [4.78, 5) is 14.7. The first kappa shape index (κ1) is 24.9. The Hall–Kier alpha value is -3.21. The van der Waals surface area contributed by atoms with E-state index in [1.54, 1.807) is 17.9 Å². The third-order valence-electron chi connectivity index (χ3n) is 6.39. The van der Waals surface area contributed by atoms with Gasteiger partial charge in [-0.25, -0.2) is 0 Å². The lowest BCUT2D eigenvalue weighted by Crippen LogP contribution is -2.38. The van der Waals surface area contributed by atoms with Gasteiger partial charge >= 0.3 is 0 Å². The van der Waals surface area contributed by atoms with E-state index in [4.69, 9.17) is 0 Å². The minimum atomic E-state index is -0.801. The summed E-state index contributed by atoms with van der Waals surface area (Å²) in [5, 5.41) is 31.7. The zero-order valence-corrected chi connectivity index (χ0v) is 20.2. The van der Waals surface area contributed by atoms with Gasteiger partial charge in [-0.15, -0.1) is 10.2 Å². The van der Waals surface area contributed by atoms with Crippen molar-refractivity contribution in [3.63, 3.8) is 0 Å². The molecule has 1 aromatic carbocycles. The minimum absolute atomic E-state index is 0.0548. The SMILES string of the molecule is CNC(O)c1cn(CCCCc2ccc(NC(=O)CN3CCC(c4ccccc4)CC3)nn2)nn1. The molecule has 1 atom stereocenters. The molecule has 4 rings (SSSR count). The number of likely N-dealkylation sites (tertiary alicyclic amines) is 1. The number of unbranched alkanes of at least 4 members (excludes halogenated alkanes) is 1. The van der Waals surface area contributed by atoms with Crippen molar-refractivity contribution >= 4 is 11.7 Å². The molecule has 0 saturated carbocycles. The number of anilines is 1. The number of rotatable bonds is 11. The smallest absolute Gasteiger partial charge is 0.239 e. The Morgan fingerprint density at radius 1 is 1.09 bits per heavy atom. The zero-order valence-electron chi connectivity index (χ0n) is 20.2. The molecule has 3 N–H and O–H groups in total. The van der Waals surface area contributed by atoms with Gasteiger partial charge < -0.3 is 10.4 Å². The standard InChI is InChI=1S/C25H34N8O2/c1-26-25(35)22-17-33(31-29-22)14-6-5-9-21-10-11-23(30-28-21)27-24(34)18-32-15-12-20(13-16-32)19-7-3-2-4-8-19/h2-4,7-8,10-11,17,20,25-26,35H,5-6,9,12-16,18H2,1H3,(H,27,30,34). The average molecular weight is 479 g/mol. The summed E-state index contributed by atoms with van der Waals surface area (Å²) in [5.41, 5.74) is 2.78. The molecule has 0 radical (unpaired) electrons. The largest absolute Gasteiger partial charge is 0.373 e. The van der Waals surface area contributed by atoms with Crippen molar-refractivity contribution in [3.05, 3.63) is 65.6 Å². The quantitative estimate of drug-likeness (QED) is 0.283. The lowest BCUT2D eigenvalue weighted by molar-refractivity contribution is -0.117. The molecule has 35 heavy (non-hydrogen) atoms. The van der Waals surface area contributed by atoms with Crippen LogP contribution < -0.4 is 10.6 Å². The minimum Gasteiger partial charge on any atom is -0.373 e. The number of piperidine rings is 1. The van der Waals surface area contributed by atoms with Crippen LogP contribution in [-0.4, -0.2) is 67.8 Å². The van der Waals surface area contributed by atoms with Crippen LogP contribution in [-0.2, 0) is 17.8 Å². The van der Waals surface area contributed by atoms with Crippen LogP contribution in [0.5, 0.6) is 0 Å². The number of nitrogens with one attached hydrogen (secondary N) is 2.